The smallest absolute Gasteiger partial charge is 0.417 e. The number of ether oxygens (including phenoxy) is 2. The number of carbonyl (C=O) groups excluding carboxylic acids is 2. The minimum atomic E-state index is -4.73. The average molecular weight is 616 g/mol. The van der Waals surface area contributed by atoms with E-state index in [9.17, 15) is 27.2 Å². The SMILES string of the molecule is CCOC(=O)C(c1ncn2c1C[C@@H](F)C2)n1cc2c(C(F)(F)F)cc(-c3ccc(CNC(=O)OC(C)(C)C)cc3)c(C)c2n1. The van der Waals surface area contributed by atoms with Crippen LogP contribution >= 0.6 is 0 Å². The molecule has 2 aromatic carbocycles. The second kappa shape index (κ2) is 11.6. The Bertz CT molecular complexity index is 1700. The molecule has 0 aliphatic carbocycles. The molecule has 9 nitrogen and oxygen atoms in total. The lowest BCUT2D eigenvalue weighted by Gasteiger charge is -2.19. The van der Waals surface area contributed by atoms with Gasteiger partial charge in [0.1, 0.15) is 11.8 Å². The molecule has 0 radical (unpaired) electrons. The number of hydrogen-bond acceptors (Lipinski definition) is 6. The molecule has 0 spiro atoms. The second-order valence-corrected chi connectivity index (χ2v) is 11.7. The normalized spacial score (nSPS) is 15.7. The van der Waals surface area contributed by atoms with Gasteiger partial charge in [0.05, 0.1) is 36.3 Å². The summed E-state index contributed by atoms with van der Waals surface area (Å²) in [5, 5.41) is 6.95. The molecule has 5 rings (SSSR count). The van der Waals surface area contributed by atoms with E-state index in [2.05, 4.69) is 15.4 Å². The number of fused-ring (bicyclic) bond motifs is 2. The van der Waals surface area contributed by atoms with E-state index in [1.165, 1.54) is 12.5 Å². The molecule has 0 fully saturated rings. The highest BCUT2D eigenvalue weighted by Gasteiger charge is 2.38. The largest absolute Gasteiger partial charge is 0.464 e. The Morgan fingerprint density at radius 2 is 1.86 bits per heavy atom. The van der Waals surface area contributed by atoms with Crippen molar-refractivity contribution in [1.29, 1.82) is 0 Å². The Kier molecular flexibility index (Phi) is 8.17. The minimum Gasteiger partial charge on any atom is -0.464 e. The molecule has 13 heteroatoms. The van der Waals surface area contributed by atoms with E-state index in [0.29, 0.717) is 22.4 Å². The summed E-state index contributed by atoms with van der Waals surface area (Å²) >= 11 is 0. The summed E-state index contributed by atoms with van der Waals surface area (Å²) in [5.41, 5.74) is 1.15. The summed E-state index contributed by atoms with van der Waals surface area (Å²) in [7, 11) is 0. The van der Waals surface area contributed by atoms with Gasteiger partial charge in [-0.15, -0.1) is 0 Å². The van der Waals surface area contributed by atoms with Crippen molar-refractivity contribution in [3.05, 3.63) is 70.9 Å². The van der Waals surface area contributed by atoms with Crippen LogP contribution in [0.1, 0.15) is 61.8 Å². The van der Waals surface area contributed by atoms with Crippen LogP contribution in [0.4, 0.5) is 22.4 Å². The summed E-state index contributed by atoms with van der Waals surface area (Å²) in [6.45, 7) is 8.80. The van der Waals surface area contributed by atoms with Crippen LogP contribution in [0.2, 0.25) is 0 Å². The van der Waals surface area contributed by atoms with Gasteiger partial charge in [-0.3, -0.25) is 4.68 Å². The van der Waals surface area contributed by atoms with Gasteiger partial charge in [-0.05, 0) is 62.9 Å². The van der Waals surface area contributed by atoms with Crippen LogP contribution in [0.3, 0.4) is 0 Å². The first-order valence-corrected chi connectivity index (χ1v) is 14.2. The zero-order chi connectivity index (χ0) is 32.0. The monoisotopic (exact) mass is 615 g/mol. The molecule has 44 heavy (non-hydrogen) atoms. The summed E-state index contributed by atoms with van der Waals surface area (Å²) < 4.78 is 70.7. The highest BCUT2D eigenvalue weighted by atomic mass is 19.4. The van der Waals surface area contributed by atoms with Crippen LogP contribution in [-0.2, 0) is 40.0 Å². The number of amides is 1. The van der Waals surface area contributed by atoms with E-state index in [-0.39, 0.29) is 42.7 Å². The maximum Gasteiger partial charge on any atom is 0.417 e. The molecule has 1 aliphatic rings. The van der Waals surface area contributed by atoms with E-state index in [4.69, 9.17) is 9.47 Å². The third-order valence-electron chi connectivity index (χ3n) is 7.30. The number of imidazole rings is 1. The number of alkyl halides is 4. The summed E-state index contributed by atoms with van der Waals surface area (Å²) in [6.07, 6.45) is -3.87. The topological polar surface area (TPSA) is 100 Å². The molecular weight excluding hydrogens is 582 g/mol. The van der Waals surface area contributed by atoms with Crippen molar-refractivity contribution >= 4 is 23.0 Å². The number of esters is 1. The van der Waals surface area contributed by atoms with Crippen LogP contribution < -0.4 is 5.32 Å². The van der Waals surface area contributed by atoms with Crippen molar-refractivity contribution in [1.82, 2.24) is 24.6 Å². The van der Waals surface area contributed by atoms with Crippen LogP contribution in [-0.4, -0.2) is 49.8 Å². The Morgan fingerprint density at radius 3 is 2.50 bits per heavy atom. The zero-order valence-electron chi connectivity index (χ0n) is 25.0. The van der Waals surface area contributed by atoms with Crippen molar-refractivity contribution in [2.75, 3.05) is 6.61 Å². The van der Waals surface area contributed by atoms with Crippen molar-refractivity contribution in [2.45, 2.75) is 78.1 Å². The molecule has 0 bridgehead atoms. The Balaban J connectivity index is 1.54. The predicted molar refractivity (Wildman–Crippen MR) is 154 cm³/mol. The first-order chi connectivity index (χ1) is 20.7. The predicted octanol–water partition coefficient (Wildman–Crippen LogP) is 6.30. The zero-order valence-corrected chi connectivity index (χ0v) is 25.0. The maximum absolute atomic E-state index is 14.5. The number of aromatic nitrogens is 4. The fourth-order valence-corrected chi connectivity index (χ4v) is 5.37. The lowest BCUT2D eigenvalue weighted by atomic mass is 9.94. The molecule has 1 unspecified atom stereocenters. The first-order valence-electron chi connectivity index (χ1n) is 14.2. The van der Waals surface area contributed by atoms with Gasteiger partial charge in [0.25, 0.3) is 0 Å². The molecular formula is C31H33F4N5O4. The molecule has 1 aliphatic heterocycles. The summed E-state index contributed by atoms with van der Waals surface area (Å²) in [5.74, 6) is -0.758. The third-order valence-corrected chi connectivity index (χ3v) is 7.30. The molecule has 1 N–H and O–H groups in total. The molecule has 2 aromatic heterocycles. The number of aryl methyl sites for hydroxylation is 1. The van der Waals surface area contributed by atoms with Gasteiger partial charge in [-0.2, -0.15) is 18.3 Å². The van der Waals surface area contributed by atoms with Crippen LogP contribution in [0, 0.1) is 6.92 Å². The maximum atomic E-state index is 14.5. The van der Waals surface area contributed by atoms with Crippen molar-refractivity contribution < 1.29 is 36.6 Å². The van der Waals surface area contributed by atoms with Crippen molar-refractivity contribution in [3.63, 3.8) is 0 Å². The number of carbonyl (C=O) groups is 2. The van der Waals surface area contributed by atoms with Gasteiger partial charge in [0.2, 0.25) is 0 Å². The molecule has 1 amide bonds. The minimum absolute atomic E-state index is 0.0201. The van der Waals surface area contributed by atoms with Gasteiger partial charge in [0, 0.05) is 30.2 Å². The van der Waals surface area contributed by atoms with E-state index >= 15 is 0 Å². The molecule has 2 atom stereocenters. The lowest BCUT2D eigenvalue weighted by molar-refractivity contribution is -0.146. The van der Waals surface area contributed by atoms with Gasteiger partial charge in [0.15, 0.2) is 6.04 Å². The van der Waals surface area contributed by atoms with Crippen LogP contribution in [0.15, 0.2) is 42.9 Å². The van der Waals surface area contributed by atoms with Crippen LogP contribution in [0.25, 0.3) is 22.0 Å². The molecule has 0 saturated carbocycles. The van der Waals surface area contributed by atoms with E-state index in [1.54, 1.807) is 63.5 Å². The Morgan fingerprint density at radius 1 is 1.16 bits per heavy atom. The van der Waals surface area contributed by atoms with Gasteiger partial charge in [-0.1, -0.05) is 24.3 Å². The fourth-order valence-electron chi connectivity index (χ4n) is 5.37. The van der Waals surface area contributed by atoms with E-state index in [1.807, 2.05) is 0 Å². The van der Waals surface area contributed by atoms with Gasteiger partial charge in [-0.25, -0.2) is 19.0 Å². The van der Waals surface area contributed by atoms with Gasteiger partial charge >= 0.3 is 18.2 Å². The fraction of sp³-hybridized carbons (Fsp3) is 0.419. The molecule has 0 saturated heterocycles. The number of hydrogen-bond donors (Lipinski definition) is 1. The lowest BCUT2D eigenvalue weighted by Crippen LogP contribution is -2.32. The molecule has 4 aromatic rings. The van der Waals surface area contributed by atoms with E-state index < -0.39 is 41.6 Å². The second-order valence-electron chi connectivity index (χ2n) is 11.7. The average Bonchev–Trinajstić information content (AvgIpc) is 3.62. The first kappa shape index (κ1) is 31.0. The number of benzene rings is 2. The standard InChI is InChI=1S/C31H33F4N5O4/c1-6-43-28(41)27(26-24-11-20(32)14-39(24)16-37-26)40-15-22-23(31(33,34)35)12-21(17(2)25(22)38-40)19-9-7-18(8-10-19)13-36-29(42)44-30(3,4)5/h7-10,12,15-16,20,27H,6,11,13-14H2,1-5H3,(H,36,42)/t20-,27?/m1/s1. The summed E-state index contributed by atoms with van der Waals surface area (Å²) in [6, 6.07) is 6.51. The van der Waals surface area contributed by atoms with E-state index in [0.717, 1.165) is 16.3 Å². The van der Waals surface area contributed by atoms with Gasteiger partial charge < -0.3 is 19.4 Å². The molecule has 234 valence electrons. The number of alkyl carbamates (subject to hydrolysis) is 1. The number of nitrogens with zero attached hydrogens (tertiary/aromatic N) is 4. The van der Waals surface area contributed by atoms with Crippen molar-refractivity contribution in [2.24, 2.45) is 0 Å². The van der Waals surface area contributed by atoms with Crippen molar-refractivity contribution in [3.8, 4) is 11.1 Å². The number of halogens is 4. The highest BCUT2D eigenvalue weighted by Crippen LogP contribution is 2.41. The quantitative estimate of drug-likeness (QED) is 0.194. The third kappa shape index (κ3) is 6.27. The Hall–Kier alpha value is -4.42. The summed E-state index contributed by atoms with van der Waals surface area (Å²) in [4.78, 5) is 29.5. The number of nitrogens with one attached hydrogen (secondary N) is 1. The Labute approximate surface area is 251 Å². The number of rotatable bonds is 7. The molecule has 3 heterocycles. The highest BCUT2D eigenvalue weighted by molar-refractivity contribution is 5.92. The van der Waals surface area contributed by atoms with Crippen LogP contribution in [0.5, 0.6) is 0 Å².